The van der Waals surface area contributed by atoms with E-state index in [-0.39, 0.29) is 27.2 Å². The first-order chi connectivity index (χ1) is 14.1. The summed E-state index contributed by atoms with van der Waals surface area (Å²) in [6.45, 7) is 0. The summed E-state index contributed by atoms with van der Waals surface area (Å²) in [6.07, 6.45) is -4.57. The highest BCUT2D eigenvalue weighted by Crippen LogP contribution is 2.34. The van der Waals surface area contributed by atoms with E-state index in [4.69, 9.17) is 16.7 Å². The molecule has 0 saturated heterocycles. The van der Waals surface area contributed by atoms with E-state index in [1.54, 1.807) is 0 Å². The number of carbonyl (C=O) groups is 2. The van der Waals surface area contributed by atoms with Crippen molar-refractivity contribution in [2.24, 2.45) is 0 Å². The number of amides is 1. The van der Waals surface area contributed by atoms with Gasteiger partial charge in [-0.2, -0.15) is 17.9 Å². The smallest absolute Gasteiger partial charge is 0.416 e. The first-order valence-corrected chi connectivity index (χ1v) is 9.43. The molecule has 0 radical (unpaired) electrons. The van der Waals surface area contributed by atoms with Gasteiger partial charge in [0.25, 0.3) is 0 Å². The van der Waals surface area contributed by atoms with Crippen LogP contribution in [0.3, 0.4) is 0 Å². The first kappa shape index (κ1) is 21.6. The molecule has 0 aliphatic heterocycles. The second-order valence-electron chi connectivity index (χ2n) is 5.75. The molecule has 0 spiro atoms. The third-order valence-electron chi connectivity index (χ3n) is 3.70. The molecule has 8 nitrogen and oxygen atoms in total. The highest BCUT2D eigenvalue weighted by atomic mass is 35.5. The van der Waals surface area contributed by atoms with Crippen molar-refractivity contribution in [3.05, 3.63) is 58.6 Å². The Morgan fingerprint density at radius 2 is 1.87 bits per heavy atom. The topological polar surface area (TPSA) is 110 Å². The summed E-state index contributed by atoms with van der Waals surface area (Å²) in [7, 11) is 0. The van der Waals surface area contributed by atoms with Crippen molar-refractivity contribution < 1.29 is 27.9 Å². The molecule has 2 N–H and O–H groups in total. The molecule has 13 heteroatoms. The predicted molar refractivity (Wildman–Crippen MR) is 102 cm³/mol. The Labute approximate surface area is 176 Å². The summed E-state index contributed by atoms with van der Waals surface area (Å²) in [5.41, 5.74) is -0.559. The summed E-state index contributed by atoms with van der Waals surface area (Å²) in [4.78, 5) is 23.1. The molecule has 30 heavy (non-hydrogen) atoms. The quantitative estimate of drug-likeness (QED) is 0.542. The lowest BCUT2D eigenvalue weighted by molar-refractivity contribution is -0.137. The first-order valence-electron chi connectivity index (χ1n) is 8.06. The number of carboxylic acid groups (broad SMARTS) is 1. The van der Waals surface area contributed by atoms with Crippen LogP contribution in [0.25, 0.3) is 5.69 Å². The highest BCUT2D eigenvalue weighted by molar-refractivity contribution is 7.99. The van der Waals surface area contributed by atoms with Gasteiger partial charge in [0.15, 0.2) is 0 Å². The number of rotatable bonds is 6. The second-order valence-corrected chi connectivity index (χ2v) is 7.10. The van der Waals surface area contributed by atoms with E-state index in [2.05, 4.69) is 20.8 Å². The van der Waals surface area contributed by atoms with Crippen molar-refractivity contribution in [2.75, 3.05) is 11.1 Å². The Morgan fingerprint density at radius 1 is 1.17 bits per heavy atom. The molecule has 156 valence electrons. The highest BCUT2D eigenvalue weighted by Gasteiger charge is 2.31. The van der Waals surface area contributed by atoms with E-state index in [0.717, 1.165) is 30.0 Å². The molecule has 3 aromatic rings. The average Bonchev–Trinajstić information content (AvgIpc) is 3.16. The molecule has 1 aromatic heterocycles. The number of halogens is 4. The van der Waals surface area contributed by atoms with Crippen LogP contribution in [0.5, 0.6) is 0 Å². The molecule has 0 bridgehead atoms. The maximum Gasteiger partial charge on any atom is 0.416 e. The third-order valence-corrected chi connectivity index (χ3v) is 4.95. The molecule has 0 unspecified atom stereocenters. The molecule has 1 heterocycles. The third kappa shape index (κ3) is 5.07. The largest absolute Gasteiger partial charge is 0.478 e. The fourth-order valence-electron chi connectivity index (χ4n) is 2.29. The van der Waals surface area contributed by atoms with Gasteiger partial charge in [-0.25, -0.2) is 4.79 Å². The number of benzene rings is 2. The monoisotopic (exact) mass is 457 g/mol. The number of nitrogens with one attached hydrogen (secondary N) is 1. The lowest BCUT2D eigenvalue weighted by atomic mass is 10.2. The molecule has 0 atom stereocenters. The summed E-state index contributed by atoms with van der Waals surface area (Å²) in [6, 6.07) is 8.34. The van der Waals surface area contributed by atoms with Crippen LogP contribution < -0.4 is 5.32 Å². The Kier molecular flexibility index (Phi) is 6.27. The van der Waals surface area contributed by atoms with Gasteiger partial charge in [-0.3, -0.25) is 4.79 Å². The Bertz CT molecular complexity index is 1090. The van der Waals surface area contributed by atoms with Gasteiger partial charge in [-0.15, -0.1) is 5.10 Å². The van der Waals surface area contributed by atoms with Crippen molar-refractivity contribution in [1.29, 1.82) is 0 Å². The number of aromatic nitrogens is 4. The van der Waals surface area contributed by atoms with Gasteiger partial charge >= 0.3 is 12.1 Å². The van der Waals surface area contributed by atoms with Crippen LogP contribution in [0.4, 0.5) is 18.9 Å². The maximum atomic E-state index is 12.8. The van der Waals surface area contributed by atoms with Crippen LogP contribution >= 0.6 is 23.4 Å². The van der Waals surface area contributed by atoms with Crippen LogP contribution in [0.2, 0.25) is 5.02 Å². The van der Waals surface area contributed by atoms with E-state index in [1.165, 1.54) is 28.9 Å². The zero-order valence-electron chi connectivity index (χ0n) is 14.7. The Balaban J connectivity index is 1.68. The predicted octanol–water partition coefficient (Wildman–Crippen LogP) is 3.76. The average molecular weight is 458 g/mol. The van der Waals surface area contributed by atoms with Gasteiger partial charge in [0, 0.05) is 0 Å². The molecular weight excluding hydrogens is 447 g/mol. The lowest BCUT2D eigenvalue weighted by Crippen LogP contribution is -2.16. The van der Waals surface area contributed by atoms with E-state index >= 15 is 0 Å². The van der Waals surface area contributed by atoms with E-state index < -0.39 is 23.6 Å². The number of hydrogen-bond donors (Lipinski definition) is 2. The molecule has 0 aliphatic rings. The summed E-state index contributed by atoms with van der Waals surface area (Å²) in [5.74, 6) is -1.91. The van der Waals surface area contributed by atoms with Crippen molar-refractivity contribution in [3.63, 3.8) is 0 Å². The van der Waals surface area contributed by atoms with Crippen LogP contribution in [-0.2, 0) is 11.0 Å². The molecular formula is C17H11ClF3N5O3S. The summed E-state index contributed by atoms with van der Waals surface area (Å²) < 4.78 is 39.8. The van der Waals surface area contributed by atoms with Crippen molar-refractivity contribution >= 4 is 40.9 Å². The number of thioether (sulfide) groups is 1. The van der Waals surface area contributed by atoms with Gasteiger partial charge in [-0.1, -0.05) is 23.4 Å². The number of tetrazole rings is 1. The molecule has 0 aliphatic carbocycles. The van der Waals surface area contributed by atoms with Gasteiger partial charge < -0.3 is 10.4 Å². The Morgan fingerprint density at radius 3 is 2.50 bits per heavy atom. The van der Waals surface area contributed by atoms with E-state index in [1.807, 2.05) is 0 Å². The van der Waals surface area contributed by atoms with Gasteiger partial charge in [0.1, 0.15) is 0 Å². The molecule has 1 amide bonds. The Hall–Kier alpha value is -3.12. The zero-order chi connectivity index (χ0) is 21.9. The van der Waals surface area contributed by atoms with E-state index in [0.29, 0.717) is 5.69 Å². The SMILES string of the molecule is O=C(CSc1nnnn1-c1ccc(C(=O)O)cc1)Nc1cc(C(F)(F)F)ccc1Cl. The van der Waals surface area contributed by atoms with Crippen LogP contribution in [0.15, 0.2) is 47.6 Å². The van der Waals surface area contributed by atoms with E-state index in [9.17, 15) is 22.8 Å². The normalized spacial score (nSPS) is 11.3. The summed E-state index contributed by atoms with van der Waals surface area (Å²) >= 11 is 6.80. The number of carbonyl (C=O) groups excluding carboxylic acids is 1. The van der Waals surface area contributed by atoms with Crippen LogP contribution in [-0.4, -0.2) is 42.9 Å². The van der Waals surface area contributed by atoms with Gasteiger partial charge in [-0.05, 0) is 52.9 Å². The zero-order valence-corrected chi connectivity index (χ0v) is 16.3. The minimum Gasteiger partial charge on any atom is -0.478 e. The number of hydrogen-bond acceptors (Lipinski definition) is 6. The fraction of sp³-hybridized carbons (Fsp3) is 0.118. The molecule has 0 saturated carbocycles. The minimum atomic E-state index is -4.57. The van der Waals surface area contributed by atoms with Gasteiger partial charge in [0.05, 0.1) is 33.3 Å². The minimum absolute atomic E-state index is 0.0373. The van der Waals surface area contributed by atoms with Crippen LogP contribution in [0, 0.1) is 0 Å². The number of alkyl halides is 3. The summed E-state index contributed by atoms with van der Waals surface area (Å²) in [5, 5.41) is 22.5. The van der Waals surface area contributed by atoms with Gasteiger partial charge in [0.2, 0.25) is 11.1 Å². The van der Waals surface area contributed by atoms with Crippen molar-refractivity contribution in [3.8, 4) is 5.69 Å². The maximum absolute atomic E-state index is 12.8. The molecule has 3 rings (SSSR count). The second kappa shape index (κ2) is 8.71. The number of aromatic carboxylic acids is 1. The number of anilines is 1. The van der Waals surface area contributed by atoms with Crippen molar-refractivity contribution in [1.82, 2.24) is 20.2 Å². The van der Waals surface area contributed by atoms with Crippen LogP contribution in [0.1, 0.15) is 15.9 Å². The fourth-order valence-corrected chi connectivity index (χ4v) is 3.15. The number of nitrogens with zero attached hydrogens (tertiary/aromatic N) is 4. The molecule has 2 aromatic carbocycles. The standard InChI is InChI=1S/C17H11ClF3N5O3S/c18-12-6-3-10(17(19,20)21)7-13(12)22-14(27)8-30-16-23-24-25-26(16)11-4-1-9(2-5-11)15(28)29/h1-7H,8H2,(H,22,27)(H,28,29). The molecule has 0 fully saturated rings. The lowest BCUT2D eigenvalue weighted by Gasteiger charge is -2.11. The number of carboxylic acids is 1. The van der Waals surface area contributed by atoms with Crippen molar-refractivity contribution in [2.45, 2.75) is 11.3 Å².